The Hall–Kier alpha value is -2.30. The number of hydrogen-bond acceptors (Lipinski definition) is 2. The van der Waals surface area contributed by atoms with Crippen LogP contribution in [0, 0.1) is 11.6 Å². The number of hydrogen-bond donors (Lipinski definition) is 1. The van der Waals surface area contributed by atoms with Crippen molar-refractivity contribution in [3.05, 3.63) is 65.5 Å². The van der Waals surface area contributed by atoms with E-state index < -0.39 is 17.0 Å². The smallest absolute Gasteiger partial charge is 0.220 e. The molecule has 1 aromatic carbocycles. The van der Waals surface area contributed by atoms with Crippen molar-refractivity contribution in [1.82, 2.24) is 10.3 Å². The van der Waals surface area contributed by atoms with Crippen LogP contribution in [0.3, 0.4) is 0 Å². The van der Waals surface area contributed by atoms with Gasteiger partial charge in [-0.3, -0.25) is 9.78 Å². The van der Waals surface area contributed by atoms with Crippen LogP contribution in [-0.2, 0) is 16.6 Å². The summed E-state index contributed by atoms with van der Waals surface area (Å²) in [5, 5.41) is 2.86. The fourth-order valence-corrected chi connectivity index (χ4v) is 3.29. The molecule has 1 fully saturated rings. The lowest BCUT2D eigenvalue weighted by Crippen LogP contribution is -2.46. The molecule has 0 radical (unpaired) electrons. The summed E-state index contributed by atoms with van der Waals surface area (Å²) in [6.45, 7) is 0.278. The predicted molar refractivity (Wildman–Crippen MR) is 87.5 cm³/mol. The van der Waals surface area contributed by atoms with Gasteiger partial charge in [0.2, 0.25) is 5.91 Å². The Bertz CT molecular complexity index is 694. The van der Waals surface area contributed by atoms with Gasteiger partial charge in [-0.1, -0.05) is 12.5 Å². The number of nitrogens with zero attached hydrogens (tertiary/aromatic N) is 1. The van der Waals surface area contributed by atoms with E-state index in [0.717, 1.165) is 12.0 Å². The monoisotopic (exact) mass is 330 g/mol. The molecule has 1 saturated carbocycles. The quantitative estimate of drug-likeness (QED) is 0.880. The van der Waals surface area contributed by atoms with E-state index in [0.29, 0.717) is 25.7 Å². The average Bonchev–Trinajstić information content (AvgIpc) is 2.55. The molecule has 0 atom stereocenters. The molecular formula is C19H20F2N2O. The zero-order valence-corrected chi connectivity index (χ0v) is 13.4. The van der Waals surface area contributed by atoms with Crippen LogP contribution in [0.1, 0.15) is 36.8 Å². The third-order valence-electron chi connectivity index (χ3n) is 4.82. The van der Waals surface area contributed by atoms with Crippen LogP contribution in [0.2, 0.25) is 0 Å². The average molecular weight is 330 g/mol. The summed E-state index contributed by atoms with van der Waals surface area (Å²) >= 11 is 0. The first-order chi connectivity index (χ1) is 11.6. The second-order valence-electron chi connectivity index (χ2n) is 6.36. The summed E-state index contributed by atoms with van der Waals surface area (Å²) in [6, 6.07) is 7.67. The Morgan fingerprint density at radius 1 is 1.12 bits per heavy atom. The SMILES string of the molecule is O=C(CCc1ccncc1)NCC1(c2c(F)cccc2F)CCC1. The van der Waals surface area contributed by atoms with Crippen LogP contribution >= 0.6 is 0 Å². The van der Waals surface area contributed by atoms with Crippen molar-refractivity contribution in [3.63, 3.8) is 0 Å². The lowest BCUT2D eigenvalue weighted by Gasteiger charge is -2.42. The number of carbonyl (C=O) groups excluding carboxylic acids is 1. The summed E-state index contributed by atoms with van der Waals surface area (Å²) in [5.41, 5.74) is 0.547. The molecule has 2 aromatic rings. The fraction of sp³-hybridized carbons (Fsp3) is 0.368. The van der Waals surface area contributed by atoms with E-state index in [4.69, 9.17) is 0 Å². The van der Waals surface area contributed by atoms with Crippen LogP contribution in [0.15, 0.2) is 42.7 Å². The topological polar surface area (TPSA) is 42.0 Å². The molecule has 1 heterocycles. The minimum absolute atomic E-state index is 0.102. The first-order valence-corrected chi connectivity index (χ1v) is 8.21. The van der Waals surface area contributed by atoms with Gasteiger partial charge >= 0.3 is 0 Å². The molecule has 1 aliphatic carbocycles. The van der Waals surface area contributed by atoms with Crippen LogP contribution < -0.4 is 5.32 Å². The Balaban J connectivity index is 1.61. The van der Waals surface area contributed by atoms with Crippen molar-refractivity contribution < 1.29 is 13.6 Å². The van der Waals surface area contributed by atoms with Crippen LogP contribution in [-0.4, -0.2) is 17.4 Å². The molecule has 0 bridgehead atoms. The summed E-state index contributed by atoms with van der Waals surface area (Å²) in [4.78, 5) is 16.0. The lowest BCUT2D eigenvalue weighted by atomic mass is 9.64. The number of halogens is 2. The first kappa shape index (κ1) is 16.6. The summed E-state index contributed by atoms with van der Waals surface area (Å²) in [6.07, 6.45) is 6.65. The van der Waals surface area contributed by atoms with Crippen molar-refractivity contribution in [2.24, 2.45) is 0 Å². The van der Waals surface area contributed by atoms with E-state index >= 15 is 0 Å². The Morgan fingerprint density at radius 3 is 2.38 bits per heavy atom. The second kappa shape index (κ2) is 7.07. The van der Waals surface area contributed by atoms with Crippen molar-refractivity contribution >= 4 is 5.91 Å². The van der Waals surface area contributed by atoms with E-state index in [1.807, 2.05) is 12.1 Å². The minimum Gasteiger partial charge on any atom is -0.355 e. The maximum Gasteiger partial charge on any atom is 0.220 e. The highest BCUT2D eigenvalue weighted by atomic mass is 19.1. The van der Waals surface area contributed by atoms with Gasteiger partial charge in [0, 0.05) is 36.3 Å². The van der Waals surface area contributed by atoms with Gasteiger partial charge in [0.25, 0.3) is 0 Å². The fourth-order valence-electron chi connectivity index (χ4n) is 3.29. The van der Waals surface area contributed by atoms with E-state index in [9.17, 15) is 13.6 Å². The molecule has 5 heteroatoms. The highest BCUT2D eigenvalue weighted by molar-refractivity contribution is 5.76. The molecular weight excluding hydrogens is 310 g/mol. The zero-order chi connectivity index (χ0) is 17.0. The molecule has 1 N–H and O–H groups in total. The highest BCUT2D eigenvalue weighted by Crippen LogP contribution is 2.45. The molecule has 1 aliphatic rings. The van der Waals surface area contributed by atoms with Crippen molar-refractivity contribution in [2.75, 3.05) is 6.54 Å². The van der Waals surface area contributed by atoms with E-state index in [-0.39, 0.29) is 18.0 Å². The second-order valence-corrected chi connectivity index (χ2v) is 6.36. The molecule has 3 nitrogen and oxygen atoms in total. The van der Waals surface area contributed by atoms with Gasteiger partial charge in [-0.2, -0.15) is 0 Å². The predicted octanol–water partition coefficient (Wildman–Crippen LogP) is 3.53. The molecule has 1 aromatic heterocycles. The molecule has 126 valence electrons. The maximum absolute atomic E-state index is 14.1. The highest BCUT2D eigenvalue weighted by Gasteiger charge is 2.42. The third kappa shape index (κ3) is 3.45. The molecule has 24 heavy (non-hydrogen) atoms. The Labute approximate surface area is 140 Å². The van der Waals surface area contributed by atoms with Gasteiger partial charge in [-0.05, 0) is 49.1 Å². The minimum atomic E-state index is -0.609. The Morgan fingerprint density at radius 2 is 1.79 bits per heavy atom. The van der Waals surface area contributed by atoms with E-state index in [1.54, 1.807) is 12.4 Å². The van der Waals surface area contributed by atoms with Crippen LogP contribution in [0.5, 0.6) is 0 Å². The van der Waals surface area contributed by atoms with E-state index in [1.165, 1.54) is 18.2 Å². The molecule has 0 unspecified atom stereocenters. The van der Waals surface area contributed by atoms with Crippen molar-refractivity contribution in [2.45, 2.75) is 37.5 Å². The summed E-state index contributed by atoms with van der Waals surface area (Å²) in [5.74, 6) is -1.16. The van der Waals surface area contributed by atoms with Crippen molar-refractivity contribution in [1.29, 1.82) is 0 Å². The number of carbonyl (C=O) groups is 1. The molecule has 1 amide bonds. The normalized spacial score (nSPS) is 15.6. The first-order valence-electron chi connectivity index (χ1n) is 8.21. The summed E-state index contributed by atoms with van der Waals surface area (Å²) in [7, 11) is 0. The third-order valence-corrected chi connectivity index (χ3v) is 4.82. The molecule has 0 saturated heterocycles. The number of aromatic nitrogens is 1. The number of pyridine rings is 1. The van der Waals surface area contributed by atoms with Gasteiger partial charge in [-0.25, -0.2) is 8.78 Å². The number of benzene rings is 1. The van der Waals surface area contributed by atoms with Crippen molar-refractivity contribution in [3.8, 4) is 0 Å². The number of rotatable bonds is 6. The van der Waals surface area contributed by atoms with Gasteiger partial charge in [0.05, 0.1) is 0 Å². The van der Waals surface area contributed by atoms with E-state index in [2.05, 4.69) is 10.3 Å². The van der Waals surface area contributed by atoms with Gasteiger partial charge in [0.15, 0.2) is 0 Å². The zero-order valence-electron chi connectivity index (χ0n) is 13.4. The van der Waals surface area contributed by atoms with Crippen LogP contribution in [0.4, 0.5) is 8.78 Å². The number of nitrogens with one attached hydrogen (secondary N) is 1. The number of aryl methyl sites for hydroxylation is 1. The summed E-state index contributed by atoms with van der Waals surface area (Å²) < 4.78 is 28.2. The molecule has 3 rings (SSSR count). The van der Waals surface area contributed by atoms with Gasteiger partial charge < -0.3 is 5.32 Å². The molecule has 0 spiro atoms. The Kier molecular flexibility index (Phi) is 4.88. The van der Waals surface area contributed by atoms with Crippen LogP contribution in [0.25, 0.3) is 0 Å². The maximum atomic E-state index is 14.1. The number of amides is 1. The molecule has 0 aliphatic heterocycles. The van der Waals surface area contributed by atoms with Gasteiger partial charge in [-0.15, -0.1) is 0 Å². The standard InChI is InChI=1S/C19H20F2N2O/c20-15-3-1-4-16(21)18(15)19(9-2-10-19)13-23-17(24)6-5-14-7-11-22-12-8-14/h1,3-4,7-8,11-12H,2,5-6,9-10,13H2,(H,23,24). The van der Waals surface area contributed by atoms with Gasteiger partial charge in [0.1, 0.15) is 11.6 Å². The lowest BCUT2D eigenvalue weighted by molar-refractivity contribution is -0.121. The largest absolute Gasteiger partial charge is 0.355 e.